The van der Waals surface area contributed by atoms with Crippen LogP contribution in [0.2, 0.25) is 0 Å². The number of imidazole rings is 1. The second-order valence-corrected chi connectivity index (χ2v) is 14.2. The highest BCUT2D eigenvalue weighted by atomic mass is 16.6. The third kappa shape index (κ3) is 10.3. The number of methoxy groups -OCH3 is 2. The number of likely N-dealkylation sites (N-methyl/N-ethyl adjacent to an activating group) is 1. The highest BCUT2D eigenvalue weighted by Gasteiger charge is 2.25. The molecule has 3 aromatic heterocycles. The van der Waals surface area contributed by atoms with E-state index in [0.29, 0.717) is 54.8 Å². The molecule has 1 aliphatic rings. The van der Waals surface area contributed by atoms with Crippen LogP contribution >= 0.6 is 0 Å². The minimum Gasteiger partial charge on any atom is -0.497 e. The predicted molar refractivity (Wildman–Crippen MR) is 204 cm³/mol. The van der Waals surface area contributed by atoms with Crippen molar-refractivity contribution >= 4 is 17.6 Å². The monoisotopic (exact) mass is 755 g/mol. The zero-order valence-electron chi connectivity index (χ0n) is 32.2. The number of amides is 1. The Bertz CT molecular complexity index is 1940. The van der Waals surface area contributed by atoms with E-state index in [9.17, 15) is 9.90 Å². The number of carbonyl (C=O) groups is 1. The van der Waals surface area contributed by atoms with E-state index in [1.807, 2.05) is 69.3 Å². The smallest absolute Gasteiger partial charge is 0.410 e. The summed E-state index contributed by atoms with van der Waals surface area (Å²) < 4.78 is 35.5. The number of aliphatic hydroxyl groups excluding tert-OH is 1. The molecule has 2 unspecified atom stereocenters. The molecule has 292 valence electrons. The maximum absolute atomic E-state index is 12.3. The molecule has 0 saturated carbocycles. The van der Waals surface area contributed by atoms with Crippen LogP contribution in [0, 0.1) is 0 Å². The van der Waals surface area contributed by atoms with Gasteiger partial charge in [0.25, 0.3) is 0 Å². The number of fused-ring (bicyclic) bond motifs is 1. The zero-order chi connectivity index (χ0) is 39.0. The van der Waals surface area contributed by atoms with E-state index < -0.39 is 17.8 Å². The first-order chi connectivity index (χ1) is 26.5. The average molecular weight is 756 g/mol. The molecular formula is C40H49N7O8. The van der Waals surface area contributed by atoms with Gasteiger partial charge in [0.15, 0.2) is 11.5 Å². The Morgan fingerprint density at radius 2 is 1.62 bits per heavy atom. The molecule has 0 spiro atoms. The fourth-order valence-electron chi connectivity index (χ4n) is 5.90. The van der Waals surface area contributed by atoms with Crippen molar-refractivity contribution in [3.63, 3.8) is 0 Å². The van der Waals surface area contributed by atoms with Gasteiger partial charge in [-0.05, 0) is 75.1 Å². The number of hydrogen-bond donors (Lipinski definition) is 1. The standard InChI is InChI=1S/C40H49N7O8/c1-40(2,3)55-39(49)45(4)19-21-53-34-18-13-29(22-41-34)35(48)33-23-42-36-37(43-38(44-47(33)36)54-26-32-8-7-20-52-32)46(24-27-9-14-30(50-5)15-10-27)25-28-11-16-31(51-6)17-12-28/h9-18,22-23,32,35,48H,7-8,19-21,24-26H2,1-6H3. The number of aliphatic hydroxyl groups is 1. The second kappa shape index (κ2) is 17.6. The summed E-state index contributed by atoms with van der Waals surface area (Å²) >= 11 is 0. The minimum absolute atomic E-state index is 0.0604. The summed E-state index contributed by atoms with van der Waals surface area (Å²) in [5.41, 5.74) is 2.77. The Balaban J connectivity index is 1.28. The van der Waals surface area contributed by atoms with E-state index in [0.717, 1.165) is 35.5 Å². The highest BCUT2D eigenvalue weighted by molar-refractivity contribution is 5.67. The van der Waals surface area contributed by atoms with Gasteiger partial charge >= 0.3 is 12.1 Å². The average Bonchev–Trinajstić information content (AvgIpc) is 3.87. The van der Waals surface area contributed by atoms with Crippen molar-refractivity contribution in [3.8, 4) is 23.4 Å². The van der Waals surface area contributed by atoms with Gasteiger partial charge in [0.2, 0.25) is 5.88 Å². The van der Waals surface area contributed by atoms with Crippen molar-refractivity contribution in [2.24, 2.45) is 0 Å². The van der Waals surface area contributed by atoms with Gasteiger partial charge in [0.1, 0.15) is 36.4 Å². The van der Waals surface area contributed by atoms with Crippen molar-refractivity contribution in [2.45, 2.75) is 64.5 Å². The number of aromatic nitrogens is 5. The number of rotatable bonds is 16. The number of hydrogen-bond acceptors (Lipinski definition) is 13. The Morgan fingerprint density at radius 1 is 0.945 bits per heavy atom. The minimum atomic E-state index is -1.15. The molecule has 0 aliphatic carbocycles. The van der Waals surface area contributed by atoms with E-state index in [4.69, 9.17) is 43.5 Å². The number of anilines is 1. The molecule has 1 amide bonds. The second-order valence-electron chi connectivity index (χ2n) is 14.2. The predicted octanol–water partition coefficient (Wildman–Crippen LogP) is 5.63. The molecule has 1 N–H and O–H groups in total. The Morgan fingerprint density at radius 3 is 2.18 bits per heavy atom. The maximum Gasteiger partial charge on any atom is 0.410 e. The molecule has 4 heterocycles. The van der Waals surface area contributed by atoms with E-state index in [-0.39, 0.29) is 25.3 Å². The van der Waals surface area contributed by atoms with Crippen molar-refractivity contribution in [1.82, 2.24) is 29.5 Å². The summed E-state index contributed by atoms with van der Waals surface area (Å²) in [7, 11) is 4.92. The fourth-order valence-corrected chi connectivity index (χ4v) is 5.90. The van der Waals surface area contributed by atoms with E-state index in [1.54, 1.807) is 44.1 Å². The van der Waals surface area contributed by atoms with Gasteiger partial charge in [0, 0.05) is 44.6 Å². The summed E-state index contributed by atoms with van der Waals surface area (Å²) in [5, 5.41) is 16.4. The molecule has 2 aromatic carbocycles. The van der Waals surface area contributed by atoms with Crippen LogP contribution in [0.25, 0.3) is 5.65 Å². The molecule has 6 rings (SSSR count). The molecule has 0 radical (unpaired) electrons. The lowest BCUT2D eigenvalue weighted by Gasteiger charge is -2.25. The molecular weight excluding hydrogens is 706 g/mol. The normalized spacial score (nSPS) is 14.7. The fraction of sp³-hybridized carbons (Fsp3) is 0.425. The maximum atomic E-state index is 12.3. The first-order valence-electron chi connectivity index (χ1n) is 18.2. The van der Waals surface area contributed by atoms with Crippen LogP contribution in [0.3, 0.4) is 0 Å². The molecule has 55 heavy (non-hydrogen) atoms. The lowest BCUT2D eigenvalue weighted by Crippen LogP contribution is -2.36. The van der Waals surface area contributed by atoms with Gasteiger partial charge in [-0.25, -0.2) is 19.3 Å². The van der Waals surface area contributed by atoms with Crippen molar-refractivity contribution in [1.29, 1.82) is 0 Å². The highest BCUT2D eigenvalue weighted by Crippen LogP contribution is 2.30. The zero-order valence-corrected chi connectivity index (χ0v) is 32.2. The number of ether oxygens (including phenoxy) is 6. The number of nitrogens with zero attached hydrogens (tertiary/aromatic N) is 7. The van der Waals surface area contributed by atoms with Crippen LogP contribution in [0.1, 0.15) is 62.1 Å². The Labute approximate surface area is 320 Å². The Hall–Kier alpha value is -5.67. The van der Waals surface area contributed by atoms with Crippen molar-refractivity contribution in [3.05, 3.63) is 95.4 Å². The number of pyridine rings is 1. The number of benzene rings is 2. The molecule has 2 atom stereocenters. The molecule has 15 heteroatoms. The van der Waals surface area contributed by atoms with Crippen molar-refractivity contribution in [2.75, 3.05) is 52.5 Å². The van der Waals surface area contributed by atoms with Gasteiger partial charge in [-0.3, -0.25) is 0 Å². The summed E-state index contributed by atoms with van der Waals surface area (Å²) in [4.78, 5) is 29.9. The van der Waals surface area contributed by atoms with E-state index >= 15 is 0 Å². The lowest BCUT2D eigenvalue weighted by molar-refractivity contribution is 0.0277. The lowest BCUT2D eigenvalue weighted by atomic mass is 10.1. The van der Waals surface area contributed by atoms with Crippen LogP contribution in [0.15, 0.2) is 73.1 Å². The quantitative estimate of drug-likeness (QED) is 0.132. The summed E-state index contributed by atoms with van der Waals surface area (Å²) in [6, 6.07) is 19.2. The largest absolute Gasteiger partial charge is 0.497 e. The van der Waals surface area contributed by atoms with Gasteiger partial charge in [0.05, 0.1) is 38.8 Å². The van der Waals surface area contributed by atoms with Crippen LogP contribution in [-0.2, 0) is 22.6 Å². The third-order valence-corrected chi connectivity index (χ3v) is 8.88. The van der Waals surface area contributed by atoms with Gasteiger partial charge in [-0.2, -0.15) is 4.98 Å². The number of carbonyl (C=O) groups excluding carboxylic acids is 1. The Kier molecular flexibility index (Phi) is 12.5. The first-order valence-corrected chi connectivity index (χ1v) is 18.2. The summed E-state index contributed by atoms with van der Waals surface area (Å²) in [5.74, 6) is 2.37. The molecule has 15 nitrogen and oxygen atoms in total. The molecule has 1 saturated heterocycles. The van der Waals surface area contributed by atoms with Crippen LogP contribution in [-0.4, -0.2) is 100 Å². The van der Waals surface area contributed by atoms with Crippen molar-refractivity contribution < 1.29 is 38.3 Å². The third-order valence-electron chi connectivity index (χ3n) is 8.88. The van der Waals surface area contributed by atoms with Gasteiger partial charge in [-0.15, -0.1) is 5.10 Å². The SMILES string of the molecule is COc1ccc(CN(Cc2ccc(OC)cc2)c2nc(OCC3CCCO3)nn3c(C(O)c4ccc(OCCN(C)C(=O)OC(C)(C)C)nc4)cnc23)cc1. The molecule has 1 fully saturated rings. The van der Waals surface area contributed by atoms with Crippen LogP contribution in [0.5, 0.6) is 23.4 Å². The summed E-state index contributed by atoms with van der Waals surface area (Å²) in [6.45, 7) is 7.87. The van der Waals surface area contributed by atoms with Crippen LogP contribution in [0.4, 0.5) is 10.6 Å². The molecule has 0 bridgehead atoms. The van der Waals surface area contributed by atoms with Crippen LogP contribution < -0.4 is 23.8 Å². The topological polar surface area (TPSA) is 155 Å². The first kappa shape index (κ1) is 39.0. The molecule has 5 aromatic rings. The van der Waals surface area contributed by atoms with Gasteiger partial charge in [-0.1, -0.05) is 24.3 Å². The van der Waals surface area contributed by atoms with E-state index in [2.05, 4.69) is 9.88 Å². The molecule has 1 aliphatic heterocycles. The van der Waals surface area contributed by atoms with E-state index in [1.165, 1.54) is 11.1 Å². The summed E-state index contributed by atoms with van der Waals surface area (Å²) in [6.07, 6.45) is 3.32. The van der Waals surface area contributed by atoms with Gasteiger partial charge < -0.3 is 43.3 Å².